The van der Waals surface area contributed by atoms with Gasteiger partial charge >= 0.3 is 0 Å². The number of nitrogens with one attached hydrogen (secondary N) is 1. The van der Waals surface area contributed by atoms with Gasteiger partial charge in [0.15, 0.2) is 16.7 Å². The maximum absolute atomic E-state index is 11.0. The molecule has 1 aromatic rings. The number of amidine groups is 1. The number of halogens is 1. The average Bonchev–Trinajstić information content (AvgIpc) is 2.92. The lowest BCUT2D eigenvalue weighted by Crippen LogP contribution is -2.19. The first kappa shape index (κ1) is 16.6. The summed E-state index contributed by atoms with van der Waals surface area (Å²) < 4.78 is 11.6. The van der Waals surface area contributed by atoms with Crippen LogP contribution in [0.25, 0.3) is 0 Å². The van der Waals surface area contributed by atoms with E-state index in [2.05, 4.69) is 38.0 Å². The number of methoxy groups -OCH3 is 1. The molecule has 0 bridgehead atoms. The quantitative estimate of drug-likeness (QED) is 0.465. The van der Waals surface area contributed by atoms with E-state index in [1.807, 2.05) is 0 Å². The normalized spacial score (nSPS) is 16.1. The molecular weight excluding hydrogens is 370 g/mol. The summed E-state index contributed by atoms with van der Waals surface area (Å²) in [6, 6.07) is 3.58. The molecule has 1 amide bonds. The summed E-state index contributed by atoms with van der Waals surface area (Å²) in [6.45, 7) is 4.00. The van der Waals surface area contributed by atoms with Gasteiger partial charge in [0.05, 0.1) is 19.1 Å². The van der Waals surface area contributed by atoms with Crippen molar-refractivity contribution in [3.63, 3.8) is 0 Å². The monoisotopic (exact) mass is 383 g/mol. The van der Waals surface area contributed by atoms with Crippen molar-refractivity contribution in [2.45, 2.75) is 0 Å². The highest BCUT2D eigenvalue weighted by atomic mass is 79.9. The fourth-order valence-electron chi connectivity index (χ4n) is 1.59. The van der Waals surface area contributed by atoms with E-state index in [1.54, 1.807) is 31.5 Å². The molecule has 1 aliphatic rings. The van der Waals surface area contributed by atoms with E-state index in [4.69, 9.17) is 9.47 Å². The number of rotatable bonds is 6. The molecule has 6 nitrogen and oxygen atoms in total. The number of benzene rings is 1. The van der Waals surface area contributed by atoms with Crippen molar-refractivity contribution in [2.75, 3.05) is 19.5 Å². The Morgan fingerprint density at radius 3 is 2.95 bits per heavy atom. The van der Waals surface area contributed by atoms with Gasteiger partial charge in [0.2, 0.25) is 5.91 Å². The summed E-state index contributed by atoms with van der Waals surface area (Å²) in [4.78, 5) is 11.0. The molecule has 2 rings (SSSR count). The van der Waals surface area contributed by atoms with Crippen LogP contribution in [-0.2, 0) is 4.79 Å². The molecule has 0 aromatic heterocycles. The molecule has 1 N–H and O–H groups in total. The van der Waals surface area contributed by atoms with E-state index in [0.29, 0.717) is 29.0 Å². The summed E-state index contributed by atoms with van der Waals surface area (Å²) in [5.74, 6) is 1.51. The van der Waals surface area contributed by atoms with Gasteiger partial charge in [-0.1, -0.05) is 24.4 Å². The minimum Gasteiger partial charge on any atom is -0.493 e. The Kier molecular flexibility index (Phi) is 6.02. The standard InChI is InChI=1S/C14H14BrN3O3S/c1-3-4-21-12-6-10(15)9(5-11(12)20-2)7-16-18-14-17-13(19)8-22-14/h3,5-7H,1,4,8H2,2H3,(H,17,18,19). The number of ether oxygens (including phenoxy) is 2. The molecule has 1 heterocycles. The molecular formula is C14H14BrN3O3S. The number of hydrogen-bond donors (Lipinski definition) is 1. The second kappa shape index (κ2) is 8.00. The van der Waals surface area contributed by atoms with Crippen molar-refractivity contribution >= 4 is 45.0 Å². The fraction of sp³-hybridized carbons (Fsp3) is 0.214. The Morgan fingerprint density at radius 2 is 2.32 bits per heavy atom. The topological polar surface area (TPSA) is 72.3 Å². The van der Waals surface area contributed by atoms with Crippen LogP contribution in [0, 0.1) is 0 Å². The molecule has 1 aromatic carbocycles. The molecule has 0 unspecified atom stereocenters. The van der Waals surface area contributed by atoms with E-state index in [9.17, 15) is 4.79 Å². The molecule has 0 radical (unpaired) electrons. The highest BCUT2D eigenvalue weighted by Crippen LogP contribution is 2.33. The van der Waals surface area contributed by atoms with Gasteiger partial charge in [-0.15, -0.1) is 5.10 Å². The first-order valence-corrected chi connectivity index (χ1v) is 8.06. The summed E-state index contributed by atoms with van der Waals surface area (Å²) in [5, 5.41) is 11.0. The average molecular weight is 384 g/mol. The van der Waals surface area contributed by atoms with Gasteiger partial charge in [-0.2, -0.15) is 5.10 Å². The SMILES string of the molecule is C=CCOc1cc(Br)c(C=NN=C2NC(=O)CS2)cc1OC. The van der Waals surface area contributed by atoms with E-state index in [-0.39, 0.29) is 5.91 Å². The van der Waals surface area contributed by atoms with Crippen LogP contribution in [0.3, 0.4) is 0 Å². The molecule has 0 spiro atoms. The van der Waals surface area contributed by atoms with Crippen molar-refractivity contribution in [1.82, 2.24) is 5.32 Å². The van der Waals surface area contributed by atoms with Gasteiger partial charge in [0.1, 0.15) is 6.61 Å². The van der Waals surface area contributed by atoms with Crippen molar-refractivity contribution < 1.29 is 14.3 Å². The zero-order valence-electron chi connectivity index (χ0n) is 11.8. The van der Waals surface area contributed by atoms with Gasteiger partial charge in [0.25, 0.3) is 0 Å². The third-order valence-corrected chi connectivity index (χ3v) is 4.12. The predicted molar refractivity (Wildman–Crippen MR) is 92.0 cm³/mol. The third kappa shape index (κ3) is 4.35. The van der Waals surface area contributed by atoms with Gasteiger partial charge < -0.3 is 14.8 Å². The fourth-order valence-corrected chi connectivity index (χ4v) is 2.65. The molecule has 22 heavy (non-hydrogen) atoms. The predicted octanol–water partition coefficient (Wildman–Crippen LogP) is 2.58. The van der Waals surface area contributed by atoms with E-state index in [0.717, 1.165) is 10.0 Å². The Labute approximate surface area is 140 Å². The molecule has 0 atom stereocenters. The number of carbonyl (C=O) groups excluding carboxylic acids is 1. The van der Waals surface area contributed by atoms with Gasteiger partial charge in [-0.05, 0) is 28.1 Å². The Balaban J connectivity index is 2.16. The van der Waals surface area contributed by atoms with Gasteiger partial charge in [-0.3, -0.25) is 4.79 Å². The molecule has 1 saturated heterocycles. The lowest BCUT2D eigenvalue weighted by Gasteiger charge is -2.11. The van der Waals surface area contributed by atoms with Crippen LogP contribution < -0.4 is 14.8 Å². The first-order chi connectivity index (χ1) is 10.6. The number of carbonyl (C=O) groups is 1. The number of amides is 1. The molecule has 0 saturated carbocycles. The van der Waals surface area contributed by atoms with Crippen LogP contribution in [0.2, 0.25) is 0 Å². The largest absolute Gasteiger partial charge is 0.493 e. The van der Waals surface area contributed by atoms with Crippen LogP contribution in [0.15, 0.2) is 39.5 Å². The Morgan fingerprint density at radius 1 is 1.50 bits per heavy atom. The zero-order valence-corrected chi connectivity index (χ0v) is 14.2. The molecule has 1 aliphatic heterocycles. The van der Waals surface area contributed by atoms with Gasteiger partial charge in [0, 0.05) is 10.0 Å². The van der Waals surface area contributed by atoms with Gasteiger partial charge in [-0.25, -0.2) is 0 Å². The minimum absolute atomic E-state index is 0.0643. The van der Waals surface area contributed by atoms with Crippen molar-refractivity contribution in [1.29, 1.82) is 0 Å². The summed E-state index contributed by atoms with van der Waals surface area (Å²) in [7, 11) is 1.57. The Bertz CT molecular complexity index is 646. The summed E-state index contributed by atoms with van der Waals surface area (Å²) in [5.41, 5.74) is 0.779. The van der Waals surface area contributed by atoms with E-state index < -0.39 is 0 Å². The number of nitrogens with zero attached hydrogens (tertiary/aromatic N) is 2. The van der Waals surface area contributed by atoms with Crippen molar-refractivity contribution in [3.05, 3.63) is 34.8 Å². The summed E-state index contributed by atoms with van der Waals surface area (Å²) in [6.07, 6.45) is 3.23. The number of thioether (sulfide) groups is 1. The van der Waals surface area contributed by atoms with Crippen LogP contribution in [0.5, 0.6) is 11.5 Å². The smallest absolute Gasteiger partial charge is 0.236 e. The second-order valence-electron chi connectivity index (χ2n) is 4.11. The van der Waals surface area contributed by atoms with Crippen LogP contribution in [0.1, 0.15) is 5.56 Å². The van der Waals surface area contributed by atoms with Crippen molar-refractivity contribution in [2.24, 2.45) is 10.2 Å². The van der Waals surface area contributed by atoms with Crippen molar-refractivity contribution in [3.8, 4) is 11.5 Å². The van der Waals surface area contributed by atoms with E-state index >= 15 is 0 Å². The Hall–Kier alpha value is -1.80. The molecule has 0 aliphatic carbocycles. The molecule has 8 heteroatoms. The lowest BCUT2D eigenvalue weighted by atomic mass is 10.2. The lowest BCUT2D eigenvalue weighted by molar-refractivity contribution is -0.116. The maximum Gasteiger partial charge on any atom is 0.236 e. The number of hydrogen-bond acceptors (Lipinski definition) is 6. The zero-order chi connectivity index (χ0) is 15.9. The maximum atomic E-state index is 11.0. The van der Waals surface area contributed by atoms with Crippen LogP contribution in [-0.4, -0.2) is 36.8 Å². The van der Waals surface area contributed by atoms with E-state index in [1.165, 1.54) is 11.8 Å². The summed E-state index contributed by atoms with van der Waals surface area (Å²) >= 11 is 4.77. The first-order valence-electron chi connectivity index (χ1n) is 6.29. The second-order valence-corrected chi connectivity index (χ2v) is 5.93. The highest BCUT2D eigenvalue weighted by Gasteiger charge is 2.16. The highest BCUT2D eigenvalue weighted by molar-refractivity contribution is 9.10. The minimum atomic E-state index is -0.0643. The third-order valence-electron chi connectivity index (χ3n) is 2.57. The van der Waals surface area contributed by atoms with Crippen LogP contribution in [0.4, 0.5) is 0 Å². The molecule has 116 valence electrons. The van der Waals surface area contributed by atoms with Crippen LogP contribution >= 0.6 is 27.7 Å². The molecule has 1 fully saturated rings.